The number of nitrogens with one attached hydrogen (secondary N) is 1. The number of carboxylic acids is 1. The molecule has 3 fully saturated rings. The van der Waals surface area contributed by atoms with Crippen LogP contribution in [0.3, 0.4) is 0 Å². The molecule has 0 spiro atoms. The second-order valence-electron chi connectivity index (χ2n) is 2.97. The summed E-state index contributed by atoms with van der Waals surface area (Å²) in [4.78, 5) is 10.5. The maximum absolute atomic E-state index is 10.5. The van der Waals surface area contributed by atoms with Gasteiger partial charge in [0.2, 0.25) is 0 Å². The highest BCUT2D eigenvalue weighted by molar-refractivity contribution is 5.71. The van der Waals surface area contributed by atoms with E-state index in [1.54, 1.807) is 0 Å². The molecule has 4 nitrogen and oxygen atoms in total. The van der Waals surface area contributed by atoms with Crippen LogP contribution < -0.4 is 5.43 Å². The SMILES string of the molecule is O=C(O)C1CNN2CC1C2. The molecule has 56 valence electrons. The van der Waals surface area contributed by atoms with Gasteiger partial charge in [0.1, 0.15) is 0 Å². The molecule has 0 amide bonds. The monoisotopic (exact) mass is 142 g/mol. The number of aliphatic carboxylic acids is 1. The Balaban J connectivity index is 2.02. The molecule has 2 N–H and O–H groups in total. The number of hydrogen-bond donors (Lipinski definition) is 2. The summed E-state index contributed by atoms with van der Waals surface area (Å²) in [7, 11) is 0. The molecule has 0 aromatic rings. The summed E-state index contributed by atoms with van der Waals surface area (Å²) in [6, 6.07) is 0. The minimum atomic E-state index is -0.656. The van der Waals surface area contributed by atoms with Gasteiger partial charge in [0.15, 0.2) is 0 Å². The number of nitrogens with zero attached hydrogens (tertiary/aromatic N) is 1. The lowest BCUT2D eigenvalue weighted by Gasteiger charge is -2.47. The van der Waals surface area contributed by atoms with E-state index in [9.17, 15) is 4.79 Å². The summed E-state index contributed by atoms with van der Waals surface area (Å²) in [6.45, 7) is 2.44. The minimum Gasteiger partial charge on any atom is -0.481 e. The van der Waals surface area contributed by atoms with E-state index in [1.165, 1.54) is 0 Å². The van der Waals surface area contributed by atoms with Crippen molar-refractivity contribution >= 4 is 5.97 Å². The number of hydrogen-bond acceptors (Lipinski definition) is 3. The summed E-state index contributed by atoms with van der Waals surface area (Å²) in [6.07, 6.45) is 0. The highest BCUT2D eigenvalue weighted by Gasteiger charge is 2.41. The minimum absolute atomic E-state index is 0.148. The molecule has 4 heteroatoms. The normalized spacial score (nSPS) is 44.2. The third-order valence-electron chi connectivity index (χ3n) is 2.33. The third kappa shape index (κ3) is 0.726. The van der Waals surface area contributed by atoms with Crippen molar-refractivity contribution in [3.05, 3.63) is 0 Å². The van der Waals surface area contributed by atoms with Gasteiger partial charge in [0.05, 0.1) is 5.92 Å². The number of carboxylic acid groups (broad SMARTS) is 1. The maximum Gasteiger partial charge on any atom is 0.308 e. The largest absolute Gasteiger partial charge is 0.481 e. The number of hydrazine groups is 1. The van der Waals surface area contributed by atoms with Crippen LogP contribution in [0.5, 0.6) is 0 Å². The molecule has 0 saturated carbocycles. The molecular weight excluding hydrogens is 132 g/mol. The third-order valence-corrected chi connectivity index (χ3v) is 2.33. The molecule has 0 aromatic heterocycles. The van der Waals surface area contributed by atoms with E-state index >= 15 is 0 Å². The van der Waals surface area contributed by atoms with Crippen LogP contribution in [-0.4, -0.2) is 35.7 Å². The van der Waals surface area contributed by atoms with E-state index in [4.69, 9.17) is 5.11 Å². The summed E-state index contributed by atoms with van der Waals surface area (Å²) in [5.41, 5.74) is 3.03. The van der Waals surface area contributed by atoms with Crippen LogP contribution in [0.15, 0.2) is 0 Å². The Labute approximate surface area is 58.8 Å². The molecule has 1 atom stereocenters. The van der Waals surface area contributed by atoms with Gasteiger partial charge in [-0.1, -0.05) is 0 Å². The van der Waals surface area contributed by atoms with Crippen LogP contribution in [-0.2, 0) is 4.79 Å². The lowest BCUT2D eigenvalue weighted by atomic mass is 9.84. The first kappa shape index (κ1) is 6.12. The topological polar surface area (TPSA) is 52.6 Å². The molecule has 3 heterocycles. The smallest absolute Gasteiger partial charge is 0.308 e. The summed E-state index contributed by atoms with van der Waals surface area (Å²) >= 11 is 0. The van der Waals surface area contributed by atoms with Crippen molar-refractivity contribution in [3.63, 3.8) is 0 Å². The molecule has 3 aliphatic heterocycles. The number of carbonyl (C=O) groups is 1. The van der Waals surface area contributed by atoms with E-state index in [-0.39, 0.29) is 5.92 Å². The predicted molar refractivity (Wildman–Crippen MR) is 34.2 cm³/mol. The second kappa shape index (κ2) is 1.93. The zero-order chi connectivity index (χ0) is 7.14. The molecule has 2 bridgehead atoms. The summed E-state index contributed by atoms with van der Waals surface area (Å²) in [5.74, 6) is -0.402. The lowest BCUT2D eigenvalue weighted by Crippen LogP contribution is -2.65. The van der Waals surface area contributed by atoms with Crippen molar-refractivity contribution in [3.8, 4) is 0 Å². The van der Waals surface area contributed by atoms with Crippen molar-refractivity contribution in [2.75, 3.05) is 19.6 Å². The van der Waals surface area contributed by atoms with Gasteiger partial charge in [-0.3, -0.25) is 10.2 Å². The fourth-order valence-electron chi connectivity index (χ4n) is 1.58. The molecule has 3 rings (SSSR count). The quantitative estimate of drug-likeness (QED) is 0.500. The van der Waals surface area contributed by atoms with Crippen molar-refractivity contribution in [2.45, 2.75) is 0 Å². The van der Waals surface area contributed by atoms with Gasteiger partial charge in [0, 0.05) is 25.6 Å². The lowest BCUT2D eigenvalue weighted by molar-refractivity contribution is -0.153. The van der Waals surface area contributed by atoms with E-state index in [0.717, 1.165) is 13.1 Å². The Morgan fingerprint density at radius 1 is 1.60 bits per heavy atom. The first-order chi connectivity index (χ1) is 4.77. The Morgan fingerprint density at radius 2 is 2.30 bits per heavy atom. The Kier molecular flexibility index (Phi) is 1.18. The zero-order valence-electron chi connectivity index (χ0n) is 5.58. The van der Waals surface area contributed by atoms with Gasteiger partial charge >= 0.3 is 5.97 Å². The van der Waals surface area contributed by atoms with Crippen LogP contribution in [0.2, 0.25) is 0 Å². The Hall–Kier alpha value is -0.610. The van der Waals surface area contributed by atoms with Gasteiger partial charge in [-0.25, -0.2) is 5.01 Å². The first-order valence-electron chi connectivity index (χ1n) is 3.48. The Morgan fingerprint density at radius 3 is 2.60 bits per heavy atom. The van der Waals surface area contributed by atoms with Crippen molar-refractivity contribution in [1.29, 1.82) is 0 Å². The van der Waals surface area contributed by atoms with E-state index in [0.29, 0.717) is 12.5 Å². The number of rotatable bonds is 1. The summed E-state index contributed by atoms with van der Waals surface area (Å²) in [5, 5.41) is 10.7. The highest BCUT2D eigenvalue weighted by atomic mass is 16.4. The average molecular weight is 142 g/mol. The fourth-order valence-corrected chi connectivity index (χ4v) is 1.58. The van der Waals surface area contributed by atoms with E-state index in [1.807, 2.05) is 0 Å². The van der Waals surface area contributed by atoms with Gasteiger partial charge in [-0.15, -0.1) is 0 Å². The average Bonchev–Trinajstić information content (AvgIpc) is 1.86. The van der Waals surface area contributed by atoms with Crippen molar-refractivity contribution < 1.29 is 9.90 Å². The fraction of sp³-hybridized carbons (Fsp3) is 0.833. The van der Waals surface area contributed by atoms with Crippen molar-refractivity contribution in [1.82, 2.24) is 10.4 Å². The first-order valence-corrected chi connectivity index (χ1v) is 3.48. The standard InChI is InChI=1S/C6H10N2O2/c9-6(10)5-1-7-8-2-4(5)3-8/h4-5,7H,1-3H2,(H,9,10). The van der Waals surface area contributed by atoms with Gasteiger partial charge in [-0.2, -0.15) is 0 Å². The van der Waals surface area contributed by atoms with Crippen LogP contribution in [0.1, 0.15) is 0 Å². The molecule has 3 saturated heterocycles. The van der Waals surface area contributed by atoms with E-state index in [2.05, 4.69) is 10.4 Å². The van der Waals surface area contributed by atoms with Gasteiger partial charge in [-0.05, 0) is 0 Å². The van der Waals surface area contributed by atoms with Crippen LogP contribution in [0.4, 0.5) is 0 Å². The molecule has 1 unspecified atom stereocenters. The number of fused-ring (bicyclic) bond motifs is 2. The van der Waals surface area contributed by atoms with Crippen LogP contribution in [0, 0.1) is 11.8 Å². The highest BCUT2D eigenvalue weighted by Crippen LogP contribution is 2.26. The zero-order valence-corrected chi connectivity index (χ0v) is 5.58. The second-order valence-corrected chi connectivity index (χ2v) is 2.97. The summed E-state index contributed by atoms with van der Waals surface area (Å²) < 4.78 is 0. The Bertz CT molecular complexity index is 162. The van der Waals surface area contributed by atoms with Crippen LogP contribution >= 0.6 is 0 Å². The molecular formula is C6H10N2O2. The van der Waals surface area contributed by atoms with Crippen molar-refractivity contribution in [2.24, 2.45) is 11.8 Å². The molecule has 0 aliphatic carbocycles. The van der Waals surface area contributed by atoms with E-state index < -0.39 is 5.97 Å². The molecule has 0 radical (unpaired) electrons. The predicted octanol–water partition coefficient (Wildman–Crippen LogP) is -0.863. The van der Waals surface area contributed by atoms with Gasteiger partial charge in [0.25, 0.3) is 0 Å². The molecule has 10 heavy (non-hydrogen) atoms. The van der Waals surface area contributed by atoms with Crippen LogP contribution in [0.25, 0.3) is 0 Å². The molecule has 0 aromatic carbocycles. The molecule has 3 aliphatic rings. The maximum atomic E-state index is 10.5. The van der Waals surface area contributed by atoms with Gasteiger partial charge < -0.3 is 5.11 Å².